The van der Waals surface area contributed by atoms with Gasteiger partial charge in [0.15, 0.2) is 17.6 Å². The number of rotatable bonds is 4. The third kappa shape index (κ3) is 3.74. The third-order valence-corrected chi connectivity index (χ3v) is 4.78. The molecule has 2 unspecified atom stereocenters. The number of ether oxygens (including phenoxy) is 3. The van der Waals surface area contributed by atoms with Gasteiger partial charge >= 0.3 is 5.97 Å². The lowest BCUT2D eigenvalue weighted by molar-refractivity contribution is -0.151. The lowest BCUT2D eigenvalue weighted by Crippen LogP contribution is -2.35. The van der Waals surface area contributed by atoms with Crippen LogP contribution < -0.4 is 14.4 Å². The molecule has 140 valence electrons. The van der Waals surface area contributed by atoms with E-state index in [0.717, 1.165) is 11.3 Å². The van der Waals surface area contributed by atoms with E-state index in [4.69, 9.17) is 14.2 Å². The third-order valence-electron chi connectivity index (χ3n) is 4.78. The van der Waals surface area contributed by atoms with Gasteiger partial charge in [-0.15, -0.1) is 0 Å². The lowest BCUT2D eigenvalue weighted by atomic mass is 10.1. The summed E-state index contributed by atoms with van der Waals surface area (Å²) >= 11 is 0. The quantitative estimate of drug-likeness (QED) is 0.778. The van der Waals surface area contributed by atoms with Gasteiger partial charge in [-0.1, -0.05) is 29.8 Å². The van der Waals surface area contributed by atoms with E-state index in [1.807, 2.05) is 55.5 Å². The van der Waals surface area contributed by atoms with Crippen LogP contribution >= 0.6 is 0 Å². The number of aryl methyl sites for hydroxylation is 1. The molecule has 4 rings (SSSR count). The normalized spacial score (nSPS) is 21.2. The molecule has 0 radical (unpaired) electrons. The molecule has 1 amide bonds. The monoisotopic (exact) mass is 367 g/mol. The highest BCUT2D eigenvalue weighted by Crippen LogP contribution is 2.31. The Balaban J connectivity index is 1.32. The van der Waals surface area contributed by atoms with E-state index in [2.05, 4.69) is 0 Å². The number of benzene rings is 2. The van der Waals surface area contributed by atoms with Gasteiger partial charge in [0.1, 0.15) is 13.2 Å². The van der Waals surface area contributed by atoms with Crippen LogP contribution in [-0.4, -0.2) is 37.7 Å². The number of esters is 1. The largest absolute Gasteiger partial charge is 0.486 e. The summed E-state index contributed by atoms with van der Waals surface area (Å²) in [6, 6.07) is 15.1. The molecular weight excluding hydrogens is 346 g/mol. The van der Waals surface area contributed by atoms with Crippen molar-refractivity contribution in [2.75, 3.05) is 24.7 Å². The molecule has 0 aromatic heterocycles. The van der Waals surface area contributed by atoms with Crippen LogP contribution in [0.5, 0.6) is 11.5 Å². The van der Waals surface area contributed by atoms with Gasteiger partial charge in [0.25, 0.3) is 0 Å². The van der Waals surface area contributed by atoms with Crippen LogP contribution in [-0.2, 0) is 14.3 Å². The number of carbonyl (C=O) groups is 2. The Morgan fingerprint density at radius 3 is 2.67 bits per heavy atom. The first kappa shape index (κ1) is 17.4. The van der Waals surface area contributed by atoms with Crippen molar-refractivity contribution >= 4 is 17.6 Å². The average Bonchev–Trinajstić information content (AvgIpc) is 3.08. The highest BCUT2D eigenvalue weighted by molar-refractivity contribution is 5.99. The summed E-state index contributed by atoms with van der Waals surface area (Å²) in [6.45, 7) is 2.75. The fourth-order valence-electron chi connectivity index (χ4n) is 3.28. The molecule has 2 atom stereocenters. The average molecular weight is 367 g/mol. The van der Waals surface area contributed by atoms with Crippen LogP contribution in [0.1, 0.15) is 12.0 Å². The summed E-state index contributed by atoms with van der Waals surface area (Å²) < 4.78 is 16.8. The van der Waals surface area contributed by atoms with Crippen molar-refractivity contribution in [2.45, 2.75) is 19.4 Å². The Morgan fingerprint density at radius 1 is 1.15 bits per heavy atom. The Kier molecular flexibility index (Phi) is 4.71. The van der Waals surface area contributed by atoms with E-state index in [0.29, 0.717) is 24.7 Å². The molecule has 6 nitrogen and oxygen atoms in total. The predicted octanol–water partition coefficient (Wildman–Crippen LogP) is 2.73. The summed E-state index contributed by atoms with van der Waals surface area (Å²) in [5.41, 5.74) is 1.93. The van der Waals surface area contributed by atoms with Crippen LogP contribution in [0.4, 0.5) is 5.69 Å². The molecule has 27 heavy (non-hydrogen) atoms. The van der Waals surface area contributed by atoms with Crippen molar-refractivity contribution in [3.05, 3.63) is 54.1 Å². The Hall–Kier alpha value is -3.02. The van der Waals surface area contributed by atoms with Crippen molar-refractivity contribution in [3.63, 3.8) is 0 Å². The number of hydrogen-bond donors (Lipinski definition) is 0. The van der Waals surface area contributed by atoms with Crippen LogP contribution in [0, 0.1) is 12.8 Å². The van der Waals surface area contributed by atoms with Gasteiger partial charge in [-0.05, 0) is 31.2 Å². The van der Waals surface area contributed by atoms with Gasteiger partial charge < -0.3 is 19.1 Å². The fraction of sp³-hybridized carbons (Fsp3) is 0.333. The minimum Gasteiger partial charge on any atom is -0.486 e. The molecule has 6 heteroatoms. The summed E-state index contributed by atoms with van der Waals surface area (Å²) in [5.74, 6) is 0.435. The van der Waals surface area contributed by atoms with Crippen molar-refractivity contribution in [2.24, 2.45) is 5.92 Å². The zero-order chi connectivity index (χ0) is 18.8. The molecule has 2 aliphatic rings. The summed E-state index contributed by atoms with van der Waals surface area (Å²) in [4.78, 5) is 26.3. The maximum atomic E-state index is 12.4. The molecule has 2 heterocycles. The second-order valence-corrected chi connectivity index (χ2v) is 6.87. The highest BCUT2D eigenvalue weighted by Gasteiger charge is 2.36. The smallest absolute Gasteiger partial charge is 0.311 e. The zero-order valence-corrected chi connectivity index (χ0v) is 15.1. The zero-order valence-electron chi connectivity index (χ0n) is 15.1. The first-order valence-electron chi connectivity index (χ1n) is 9.02. The number of hydrogen-bond acceptors (Lipinski definition) is 5. The fourth-order valence-corrected chi connectivity index (χ4v) is 3.28. The number of amides is 1. The number of carbonyl (C=O) groups excluding carboxylic acids is 2. The molecule has 0 saturated carbocycles. The summed E-state index contributed by atoms with van der Waals surface area (Å²) in [6.07, 6.45) is -0.188. The Labute approximate surface area is 157 Å². The molecule has 2 aromatic carbocycles. The standard InChI is InChI=1S/C21H21NO5/c1-14-6-8-16(9-7-14)22-11-15(10-20(22)23)21(24)26-13-17-12-25-18-4-2-3-5-19(18)27-17/h2-9,15,17H,10-13H2,1H3. The van der Waals surface area contributed by atoms with Gasteiger partial charge in [-0.25, -0.2) is 0 Å². The van der Waals surface area contributed by atoms with E-state index in [1.165, 1.54) is 0 Å². The van der Waals surface area contributed by atoms with Crippen LogP contribution in [0.3, 0.4) is 0 Å². The van der Waals surface area contributed by atoms with Gasteiger partial charge in [0.05, 0.1) is 5.92 Å². The highest BCUT2D eigenvalue weighted by atomic mass is 16.6. The second kappa shape index (κ2) is 7.31. The van der Waals surface area contributed by atoms with Gasteiger partial charge in [0.2, 0.25) is 5.91 Å². The first-order chi connectivity index (χ1) is 13.1. The van der Waals surface area contributed by atoms with E-state index in [1.54, 1.807) is 4.90 Å². The predicted molar refractivity (Wildman–Crippen MR) is 99.0 cm³/mol. The van der Waals surface area contributed by atoms with Gasteiger partial charge in [-0.2, -0.15) is 0 Å². The molecule has 0 bridgehead atoms. The number of para-hydroxylation sites is 2. The molecule has 1 fully saturated rings. The van der Waals surface area contributed by atoms with E-state index in [9.17, 15) is 9.59 Å². The van der Waals surface area contributed by atoms with Crippen LogP contribution in [0.15, 0.2) is 48.5 Å². The number of anilines is 1. The molecular formula is C21H21NO5. The van der Waals surface area contributed by atoms with Crippen molar-refractivity contribution in [3.8, 4) is 11.5 Å². The van der Waals surface area contributed by atoms with Gasteiger partial charge in [0, 0.05) is 18.7 Å². The van der Waals surface area contributed by atoms with Crippen molar-refractivity contribution in [1.82, 2.24) is 0 Å². The molecule has 0 N–H and O–H groups in total. The summed E-state index contributed by atoms with van der Waals surface area (Å²) in [5, 5.41) is 0. The van der Waals surface area contributed by atoms with Crippen molar-refractivity contribution in [1.29, 1.82) is 0 Å². The first-order valence-corrected chi connectivity index (χ1v) is 9.02. The number of nitrogens with zero attached hydrogens (tertiary/aromatic N) is 1. The number of fused-ring (bicyclic) bond motifs is 1. The maximum Gasteiger partial charge on any atom is 0.311 e. The maximum absolute atomic E-state index is 12.4. The van der Waals surface area contributed by atoms with E-state index >= 15 is 0 Å². The Morgan fingerprint density at radius 2 is 1.89 bits per heavy atom. The summed E-state index contributed by atoms with van der Waals surface area (Å²) in [7, 11) is 0. The SMILES string of the molecule is Cc1ccc(N2CC(C(=O)OCC3COc4ccccc4O3)CC2=O)cc1. The molecule has 2 aliphatic heterocycles. The van der Waals surface area contributed by atoms with Crippen LogP contribution in [0.25, 0.3) is 0 Å². The molecule has 0 aliphatic carbocycles. The lowest BCUT2D eigenvalue weighted by Gasteiger charge is -2.26. The molecule has 2 aromatic rings. The molecule has 0 spiro atoms. The van der Waals surface area contributed by atoms with Crippen molar-refractivity contribution < 1.29 is 23.8 Å². The molecule has 1 saturated heterocycles. The van der Waals surface area contributed by atoms with E-state index in [-0.39, 0.29) is 31.0 Å². The van der Waals surface area contributed by atoms with Crippen LogP contribution in [0.2, 0.25) is 0 Å². The minimum atomic E-state index is -0.462. The topological polar surface area (TPSA) is 65.1 Å². The minimum absolute atomic E-state index is 0.0630. The Bertz CT molecular complexity index is 848. The van der Waals surface area contributed by atoms with E-state index < -0.39 is 5.92 Å². The second-order valence-electron chi connectivity index (χ2n) is 6.87. The van der Waals surface area contributed by atoms with Gasteiger partial charge in [-0.3, -0.25) is 9.59 Å².